The summed E-state index contributed by atoms with van der Waals surface area (Å²) in [7, 11) is 0. The van der Waals surface area contributed by atoms with Gasteiger partial charge in [0.2, 0.25) is 5.89 Å². The molecule has 1 aliphatic heterocycles. The van der Waals surface area contributed by atoms with Gasteiger partial charge in [0.05, 0.1) is 6.54 Å². The van der Waals surface area contributed by atoms with Crippen molar-refractivity contribution in [1.29, 1.82) is 0 Å². The molecule has 2 fully saturated rings. The van der Waals surface area contributed by atoms with E-state index in [9.17, 15) is 0 Å². The molecule has 6 heteroatoms. The Hall–Kier alpha value is -1.59. The smallest absolute Gasteiger partial charge is 0.228 e. The lowest BCUT2D eigenvalue weighted by molar-refractivity contribution is 0.299. The van der Waals surface area contributed by atoms with Gasteiger partial charge in [-0.15, -0.1) is 0 Å². The first-order valence-electron chi connectivity index (χ1n) is 9.53. The van der Waals surface area contributed by atoms with E-state index in [1.165, 1.54) is 25.7 Å². The summed E-state index contributed by atoms with van der Waals surface area (Å²) in [6, 6.07) is 0. The van der Waals surface area contributed by atoms with Crippen molar-refractivity contribution in [3.63, 3.8) is 0 Å². The molecule has 0 aromatic carbocycles. The van der Waals surface area contributed by atoms with Crippen molar-refractivity contribution in [2.45, 2.75) is 58.8 Å². The molecule has 134 valence electrons. The summed E-state index contributed by atoms with van der Waals surface area (Å²) in [4.78, 5) is 11.7. The van der Waals surface area contributed by atoms with Crippen LogP contribution in [-0.2, 0) is 6.42 Å². The highest BCUT2D eigenvalue weighted by Crippen LogP contribution is 2.35. The van der Waals surface area contributed by atoms with E-state index in [1.807, 2.05) is 0 Å². The Kier molecular flexibility index (Phi) is 5.74. The summed E-state index contributed by atoms with van der Waals surface area (Å²) in [5, 5.41) is 7.47. The number of hydrogen-bond acceptors (Lipinski definition) is 4. The van der Waals surface area contributed by atoms with E-state index < -0.39 is 0 Å². The van der Waals surface area contributed by atoms with Gasteiger partial charge in [-0.05, 0) is 31.6 Å². The Morgan fingerprint density at radius 1 is 1.29 bits per heavy atom. The zero-order valence-electron chi connectivity index (χ0n) is 15.3. The number of nitrogens with zero attached hydrogens (tertiary/aromatic N) is 4. The Morgan fingerprint density at radius 2 is 2.00 bits per heavy atom. The van der Waals surface area contributed by atoms with Crippen LogP contribution in [-0.4, -0.2) is 47.2 Å². The molecule has 0 amide bonds. The number of hydrogen-bond donors (Lipinski definition) is 1. The Bertz CT molecular complexity index is 539. The highest BCUT2D eigenvalue weighted by molar-refractivity contribution is 5.80. The molecule has 0 radical (unpaired) electrons. The molecular weight excluding hydrogens is 302 g/mol. The molecule has 0 bridgehead atoms. The van der Waals surface area contributed by atoms with E-state index in [0.717, 1.165) is 43.3 Å². The van der Waals surface area contributed by atoms with Crippen LogP contribution in [0.4, 0.5) is 0 Å². The topological polar surface area (TPSA) is 66.5 Å². The minimum absolute atomic E-state index is 0.302. The number of likely N-dealkylation sites (tertiary alicyclic amines) is 1. The average molecular weight is 333 g/mol. The van der Waals surface area contributed by atoms with E-state index in [1.54, 1.807) is 0 Å². The van der Waals surface area contributed by atoms with Crippen LogP contribution in [0.2, 0.25) is 0 Å². The maximum atomic E-state index is 5.31. The van der Waals surface area contributed by atoms with Crippen LogP contribution in [0.3, 0.4) is 0 Å². The molecule has 2 unspecified atom stereocenters. The van der Waals surface area contributed by atoms with E-state index >= 15 is 0 Å². The minimum atomic E-state index is 0.302. The molecule has 2 atom stereocenters. The van der Waals surface area contributed by atoms with Gasteiger partial charge in [0, 0.05) is 32.0 Å². The summed E-state index contributed by atoms with van der Waals surface area (Å²) in [6.45, 7) is 10.2. The molecular formula is C18H31N5O. The van der Waals surface area contributed by atoms with Crippen molar-refractivity contribution in [3.8, 4) is 0 Å². The van der Waals surface area contributed by atoms with Crippen LogP contribution >= 0.6 is 0 Å². The molecule has 6 nitrogen and oxygen atoms in total. The Morgan fingerprint density at radius 3 is 2.58 bits per heavy atom. The van der Waals surface area contributed by atoms with Gasteiger partial charge in [-0.3, -0.25) is 4.99 Å². The lowest BCUT2D eigenvalue weighted by Crippen LogP contribution is -2.40. The number of guanidine groups is 1. The number of rotatable bonds is 5. The predicted octanol–water partition coefficient (Wildman–Crippen LogP) is 2.82. The fourth-order valence-corrected chi connectivity index (χ4v) is 3.87. The minimum Gasteiger partial charge on any atom is -0.357 e. The third kappa shape index (κ3) is 4.08. The third-order valence-electron chi connectivity index (χ3n) is 5.20. The highest BCUT2D eigenvalue weighted by Gasteiger charge is 2.35. The van der Waals surface area contributed by atoms with E-state index in [2.05, 4.69) is 41.1 Å². The fourth-order valence-electron chi connectivity index (χ4n) is 3.87. The van der Waals surface area contributed by atoms with Crippen LogP contribution in [0, 0.1) is 11.8 Å². The second kappa shape index (κ2) is 7.99. The van der Waals surface area contributed by atoms with Crippen LogP contribution in [0.5, 0.6) is 0 Å². The Labute approximate surface area is 145 Å². The molecule has 1 aromatic rings. The van der Waals surface area contributed by atoms with Gasteiger partial charge in [0.25, 0.3) is 0 Å². The number of nitrogens with one attached hydrogen (secondary N) is 1. The monoisotopic (exact) mass is 333 g/mol. The number of aliphatic imine (C=N–C) groups is 1. The maximum Gasteiger partial charge on any atom is 0.228 e. The van der Waals surface area contributed by atoms with Crippen molar-refractivity contribution in [2.75, 3.05) is 26.2 Å². The van der Waals surface area contributed by atoms with Crippen molar-refractivity contribution >= 4 is 5.96 Å². The van der Waals surface area contributed by atoms with Crippen LogP contribution < -0.4 is 5.32 Å². The number of aromatic nitrogens is 2. The Balaban J connectivity index is 1.57. The fraction of sp³-hybridized carbons (Fsp3) is 0.833. The van der Waals surface area contributed by atoms with Crippen molar-refractivity contribution in [3.05, 3.63) is 11.7 Å². The van der Waals surface area contributed by atoms with Crippen LogP contribution in [0.1, 0.15) is 64.1 Å². The van der Waals surface area contributed by atoms with Gasteiger partial charge < -0.3 is 14.7 Å². The van der Waals surface area contributed by atoms with E-state index in [4.69, 9.17) is 9.52 Å². The molecule has 1 saturated carbocycles. The molecule has 3 rings (SSSR count). The summed E-state index contributed by atoms with van der Waals surface area (Å²) in [5.74, 6) is 4.56. The van der Waals surface area contributed by atoms with Gasteiger partial charge in [-0.25, -0.2) is 0 Å². The predicted molar refractivity (Wildman–Crippen MR) is 95.1 cm³/mol. The van der Waals surface area contributed by atoms with Crippen LogP contribution in [0.25, 0.3) is 0 Å². The molecule has 0 spiro atoms. The van der Waals surface area contributed by atoms with Crippen LogP contribution in [0.15, 0.2) is 9.52 Å². The molecule has 2 heterocycles. The lowest BCUT2D eigenvalue weighted by Gasteiger charge is -2.22. The first-order chi connectivity index (χ1) is 11.7. The molecule has 1 aromatic heterocycles. The molecule has 1 saturated heterocycles. The zero-order valence-corrected chi connectivity index (χ0v) is 15.3. The van der Waals surface area contributed by atoms with Crippen molar-refractivity contribution in [1.82, 2.24) is 20.4 Å². The van der Waals surface area contributed by atoms with E-state index in [0.29, 0.717) is 24.8 Å². The summed E-state index contributed by atoms with van der Waals surface area (Å²) >= 11 is 0. The van der Waals surface area contributed by atoms with Gasteiger partial charge in [-0.2, -0.15) is 4.98 Å². The molecule has 1 N–H and O–H groups in total. The third-order valence-corrected chi connectivity index (χ3v) is 5.20. The lowest BCUT2D eigenvalue weighted by atomic mass is 9.82. The van der Waals surface area contributed by atoms with Crippen molar-refractivity contribution in [2.24, 2.45) is 16.8 Å². The molecule has 2 aliphatic rings. The maximum absolute atomic E-state index is 5.31. The second-order valence-corrected chi connectivity index (χ2v) is 7.40. The highest BCUT2D eigenvalue weighted by atomic mass is 16.5. The first-order valence-corrected chi connectivity index (χ1v) is 9.53. The SMILES string of the molecule is CCNC(=NCCc1nc(C(C)C)no1)N1CC2CCCCC2C1. The summed E-state index contributed by atoms with van der Waals surface area (Å²) in [6.07, 6.45) is 6.28. The van der Waals surface area contributed by atoms with Gasteiger partial charge in [0.1, 0.15) is 0 Å². The first kappa shape index (κ1) is 17.2. The second-order valence-electron chi connectivity index (χ2n) is 7.40. The standard InChI is InChI=1S/C18H31N5O/c1-4-19-18(23-11-14-7-5-6-8-15(14)12-23)20-10-9-16-21-17(13(2)3)22-24-16/h13-15H,4-12H2,1-3H3,(H,19,20). The quantitative estimate of drug-likeness (QED) is 0.663. The largest absolute Gasteiger partial charge is 0.357 e. The number of fused-ring (bicyclic) bond motifs is 1. The zero-order chi connectivity index (χ0) is 16.9. The average Bonchev–Trinajstić information content (AvgIpc) is 3.20. The van der Waals surface area contributed by atoms with Crippen molar-refractivity contribution < 1.29 is 4.52 Å². The normalized spacial score (nSPS) is 24.5. The van der Waals surface area contributed by atoms with Gasteiger partial charge in [-0.1, -0.05) is 31.8 Å². The molecule has 1 aliphatic carbocycles. The van der Waals surface area contributed by atoms with Gasteiger partial charge in [0.15, 0.2) is 11.8 Å². The summed E-state index contributed by atoms with van der Waals surface area (Å²) in [5.41, 5.74) is 0. The molecule has 24 heavy (non-hydrogen) atoms. The summed E-state index contributed by atoms with van der Waals surface area (Å²) < 4.78 is 5.31. The van der Waals surface area contributed by atoms with Gasteiger partial charge >= 0.3 is 0 Å². The van der Waals surface area contributed by atoms with E-state index in [-0.39, 0.29) is 0 Å².